The number of rotatable bonds is 4. The number of hydrogen-bond acceptors (Lipinski definition) is 2. The first kappa shape index (κ1) is 15.7. The Kier molecular flexibility index (Phi) is 4.72. The number of nitrogens with one attached hydrogen (secondary N) is 1. The summed E-state index contributed by atoms with van der Waals surface area (Å²) in [6.45, 7) is 4.06. The molecule has 120 valence electrons. The molecule has 1 heterocycles. The van der Waals surface area contributed by atoms with Gasteiger partial charge in [-0.3, -0.25) is 9.69 Å². The molecule has 3 nitrogen and oxygen atoms in total. The first-order valence-corrected chi connectivity index (χ1v) is 7.96. The van der Waals surface area contributed by atoms with E-state index in [2.05, 4.69) is 28.4 Å². The summed E-state index contributed by atoms with van der Waals surface area (Å²) in [4.78, 5) is 14.6. The van der Waals surface area contributed by atoms with Crippen LogP contribution >= 0.6 is 0 Å². The van der Waals surface area contributed by atoms with Crippen molar-refractivity contribution in [2.75, 3.05) is 6.54 Å². The second-order valence-corrected chi connectivity index (χ2v) is 6.01. The summed E-state index contributed by atoms with van der Waals surface area (Å²) in [5.41, 5.74) is 3.58. The van der Waals surface area contributed by atoms with Gasteiger partial charge in [0.15, 0.2) is 0 Å². The quantitative estimate of drug-likeness (QED) is 0.941. The molecule has 1 amide bonds. The predicted molar refractivity (Wildman–Crippen MR) is 88.3 cm³/mol. The summed E-state index contributed by atoms with van der Waals surface area (Å²) in [6.07, 6.45) is 0.978. The van der Waals surface area contributed by atoms with Gasteiger partial charge < -0.3 is 5.32 Å². The number of halogens is 1. The third-order valence-electron chi connectivity index (χ3n) is 4.47. The van der Waals surface area contributed by atoms with Crippen LogP contribution in [-0.4, -0.2) is 23.4 Å². The van der Waals surface area contributed by atoms with Crippen molar-refractivity contribution in [3.05, 3.63) is 71.0 Å². The van der Waals surface area contributed by atoms with Crippen LogP contribution in [0.5, 0.6) is 0 Å². The van der Waals surface area contributed by atoms with E-state index in [0.717, 1.165) is 25.1 Å². The van der Waals surface area contributed by atoms with E-state index in [1.165, 1.54) is 23.3 Å². The standard InChI is InChI=1S/C19H21FN2O/c1-14(19(23)21-12-15-6-8-18(20)9-7-15)22-11-10-16-4-2-3-5-17(16)13-22/h2-9,14H,10-13H2,1H3,(H,21,23)/t14-/m0/s1. The van der Waals surface area contributed by atoms with Crippen molar-refractivity contribution in [3.63, 3.8) is 0 Å². The van der Waals surface area contributed by atoms with Crippen molar-refractivity contribution in [3.8, 4) is 0 Å². The fourth-order valence-electron chi connectivity index (χ4n) is 2.95. The van der Waals surface area contributed by atoms with Crippen molar-refractivity contribution in [1.29, 1.82) is 0 Å². The van der Waals surface area contributed by atoms with Crippen molar-refractivity contribution < 1.29 is 9.18 Å². The maximum absolute atomic E-state index is 12.9. The molecule has 0 aromatic heterocycles. The summed E-state index contributed by atoms with van der Waals surface area (Å²) < 4.78 is 12.9. The molecule has 2 aromatic carbocycles. The normalized spacial score (nSPS) is 15.7. The Morgan fingerprint density at radius 1 is 1.17 bits per heavy atom. The molecule has 23 heavy (non-hydrogen) atoms. The third-order valence-corrected chi connectivity index (χ3v) is 4.47. The van der Waals surface area contributed by atoms with Crippen LogP contribution in [0.3, 0.4) is 0 Å². The fraction of sp³-hybridized carbons (Fsp3) is 0.316. The zero-order valence-electron chi connectivity index (χ0n) is 13.3. The molecule has 4 heteroatoms. The molecule has 1 N–H and O–H groups in total. The first-order valence-electron chi connectivity index (χ1n) is 7.96. The minimum atomic E-state index is -0.263. The number of benzene rings is 2. The molecule has 0 unspecified atom stereocenters. The van der Waals surface area contributed by atoms with Gasteiger partial charge in [-0.15, -0.1) is 0 Å². The van der Waals surface area contributed by atoms with Gasteiger partial charge in [-0.05, 0) is 42.2 Å². The van der Waals surface area contributed by atoms with E-state index in [1.54, 1.807) is 12.1 Å². The van der Waals surface area contributed by atoms with E-state index in [-0.39, 0.29) is 17.8 Å². The largest absolute Gasteiger partial charge is 0.351 e. The van der Waals surface area contributed by atoms with Crippen molar-refractivity contribution in [2.45, 2.75) is 32.5 Å². The van der Waals surface area contributed by atoms with Crippen LogP contribution in [-0.2, 0) is 24.3 Å². The maximum atomic E-state index is 12.9. The van der Waals surface area contributed by atoms with Gasteiger partial charge in [-0.25, -0.2) is 4.39 Å². The van der Waals surface area contributed by atoms with Gasteiger partial charge in [0.25, 0.3) is 0 Å². The molecule has 0 aliphatic carbocycles. The van der Waals surface area contributed by atoms with E-state index >= 15 is 0 Å². The number of fused-ring (bicyclic) bond motifs is 1. The van der Waals surface area contributed by atoms with Crippen molar-refractivity contribution >= 4 is 5.91 Å². The van der Waals surface area contributed by atoms with E-state index in [1.807, 2.05) is 13.0 Å². The number of amides is 1. The molecule has 1 aliphatic heterocycles. The molecule has 0 saturated carbocycles. The minimum absolute atomic E-state index is 0.00806. The van der Waals surface area contributed by atoms with Crippen LogP contribution in [0.4, 0.5) is 4.39 Å². The monoisotopic (exact) mass is 312 g/mol. The second-order valence-electron chi connectivity index (χ2n) is 6.01. The number of nitrogens with zero attached hydrogens (tertiary/aromatic N) is 1. The Morgan fingerprint density at radius 3 is 2.61 bits per heavy atom. The Hall–Kier alpha value is -2.20. The van der Waals surface area contributed by atoms with Crippen LogP contribution in [0, 0.1) is 5.82 Å². The molecule has 0 saturated heterocycles. The van der Waals surface area contributed by atoms with Gasteiger partial charge in [0.2, 0.25) is 5.91 Å². The van der Waals surface area contributed by atoms with E-state index < -0.39 is 0 Å². The van der Waals surface area contributed by atoms with Gasteiger partial charge in [-0.1, -0.05) is 36.4 Å². The molecular weight excluding hydrogens is 291 g/mol. The molecule has 1 aliphatic rings. The highest BCUT2D eigenvalue weighted by molar-refractivity contribution is 5.81. The van der Waals surface area contributed by atoms with Crippen LogP contribution < -0.4 is 5.32 Å². The highest BCUT2D eigenvalue weighted by atomic mass is 19.1. The molecule has 0 fully saturated rings. The smallest absolute Gasteiger partial charge is 0.237 e. The molecule has 0 spiro atoms. The number of hydrogen-bond donors (Lipinski definition) is 1. The zero-order valence-corrected chi connectivity index (χ0v) is 13.3. The lowest BCUT2D eigenvalue weighted by Gasteiger charge is -2.32. The predicted octanol–water partition coefficient (Wildman–Crippen LogP) is 2.89. The number of carbonyl (C=O) groups excluding carboxylic acids is 1. The highest BCUT2D eigenvalue weighted by Gasteiger charge is 2.24. The third kappa shape index (κ3) is 3.77. The summed E-state index contributed by atoms with van der Waals surface area (Å²) in [5, 5.41) is 2.94. The van der Waals surface area contributed by atoms with Gasteiger partial charge >= 0.3 is 0 Å². The average molecular weight is 312 g/mol. The topological polar surface area (TPSA) is 32.3 Å². The van der Waals surface area contributed by atoms with Gasteiger partial charge in [0.1, 0.15) is 5.82 Å². The lowest BCUT2D eigenvalue weighted by atomic mass is 9.99. The second kappa shape index (κ2) is 6.92. The van der Waals surface area contributed by atoms with Gasteiger partial charge in [0.05, 0.1) is 6.04 Å². The molecule has 0 bridgehead atoms. The van der Waals surface area contributed by atoms with E-state index in [0.29, 0.717) is 6.54 Å². The first-order chi connectivity index (χ1) is 11.1. The van der Waals surface area contributed by atoms with Crippen LogP contribution in [0.2, 0.25) is 0 Å². The van der Waals surface area contributed by atoms with Gasteiger partial charge in [-0.2, -0.15) is 0 Å². The Morgan fingerprint density at radius 2 is 1.87 bits per heavy atom. The Balaban J connectivity index is 1.56. The SMILES string of the molecule is C[C@@H](C(=O)NCc1ccc(F)cc1)N1CCc2ccccc2C1. The Labute approximate surface area is 136 Å². The summed E-state index contributed by atoms with van der Waals surface area (Å²) in [5.74, 6) is -0.255. The minimum Gasteiger partial charge on any atom is -0.351 e. The average Bonchev–Trinajstić information content (AvgIpc) is 2.60. The maximum Gasteiger partial charge on any atom is 0.237 e. The van der Waals surface area contributed by atoms with Gasteiger partial charge in [0, 0.05) is 19.6 Å². The zero-order chi connectivity index (χ0) is 16.2. The van der Waals surface area contributed by atoms with Crippen molar-refractivity contribution in [1.82, 2.24) is 10.2 Å². The van der Waals surface area contributed by atoms with E-state index in [9.17, 15) is 9.18 Å². The molecule has 2 aromatic rings. The Bertz CT molecular complexity index is 684. The summed E-state index contributed by atoms with van der Waals surface area (Å²) in [6, 6.07) is 14.4. The summed E-state index contributed by atoms with van der Waals surface area (Å²) >= 11 is 0. The lowest BCUT2D eigenvalue weighted by molar-refractivity contribution is -0.126. The van der Waals surface area contributed by atoms with Crippen molar-refractivity contribution in [2.24, 2.45) is 0 Å². The molecule has 1 atom stereocenters. The van der Waals surface area contributed by atoms with Crippen LogP contribution in [0.25, 0.3) is 0 Å². The van der Waals surface area contributed by atoms with Crippen LogP contribution in [0.1, 0.15) is 23.6 Å². The van der Waals surface area contributed by atoms with Crippen LogP contribution in [0.15, 0.2) is 48.5 Å². The number of carbonyl (C=O) groups is 1. The molecular formula is C19H21FN2O. The lowest BCUT2D eigenvalue weighted by Crippen LogP contribution is -2.46. The van der Waals surface area contributed by atoms with E-state index in [4.69, 9.17) is 0 Å². The molecule has 3 rings (SSSR count). The summed E-state index contributed by atoms with van der Waals surface area (Å²) in [7, 11) is 0. The fourth-order valence-corrected chi connectivity index (χ4v) is 2.95. The molecule has 0 radical (unpaired) electrons. The highest BCUT2D eigenvalue weighted by Crippen LogP contribution is 2.20.